The van der Waals surface area contributed by atoms with Crippen LogP contribution in [-0.2, 0) is 4.74 Å². The highest BCUT2D eigenvalue weighted by atomic mass is 16.5. The Bertz CT molecular complexity index is 749. The van der Waals surface area contributed by atoms with Gasteiger partial charge >= 0.3 is 0 Å². The molecule has 2 aliphatic heterocycles. The summed E-state index contributed by atoms with van der Waals surface area (Å²) in [6.07, 6.45) is 7.85. The van der Waals surface area contributed by atoms with Gasteiger partial charge in [0.1, 0.15) is 12.1 Å². The zero-order valence-corrected chi connectivity index (χ0v) is 14.9. The zero-order valence-electron chi connectivity index (χ0n) is 14.9. The summed E-state index contributed by atoms with van der Waals surface area (Å²) >= 11 is 0. The standard InChI is InChI=1S/C19H24N4O2/c1-14-17(23-10-7-19(8-11-23)6-4-12-24-19)21-13-22-18(14)25-16-5-3-9-20-15(16)2/h3,5,9,13H,4,6-8,10-12H2,1-2H3. The summed E-state index contributed by atoms with van der Waals surface area (Å²) in [4.78, 5) is 15.4. The molecule has 2 fully saturated rings. The molecule has 2 aromatic rings. The van der Waals surface area contributed by atoms with Gasteiger partial charge in [-0.2, -0.15) is 0 Å². The highest BCUT2D eigenvalue weighted by Crippen LogP contribution is 2.38. The van der Waals surface area contributed by atoms with Gasteiger partial charge in [-0.15, -0.1) is 0 Å². The predicted octanol–water partition coefficient (Wildman–Crippen LogP) is 3.43. The maximum atomic E-state index is 6.02. The predicted molar refractivity (Wildman–Crippen MR) is 95.2 cm³/mol. The fourth-order valence-electron chi connectivity index (χ4n) is 3.80. The molecule has 0 atom stereocenters. The van der Waals surface area contributed by atoms with E-state index < -0.39 is 0 Å². The van der Waals surface area contributed by atoms with Crippen molar-refractivity contribution in [3.8, 4) is 11.6 Å². The Kier molecular flexibility index (Phi) is 4.29. The third-order valence-electron chi connectivity index (χ3n) is 5.34. The topological polar surface area (TPSA) is 60.4 Å². The van der Waals surface area contributed by atoms with Crippen molar-refractivity contribution in [3.63, 3.8) is 0 Å². The molecule has 4 heterocycles. The van der Waals surface area contributed by atoms with Gasteiger partial charge in [0, 0.05) is 25.9 Å². The van der Waals surface area contributed by atoms with Crippen LogP contribution in [0.2, 0.25) is 0 Å². The number of nitrogens with zero attached hydrogens (tertiary/aromatic N) is 4. The molecule has 2 aliphatic rings. The van der Waals surface area contributed by atoms with Crippen LogP contribution >= 0.6 is 0 Å². The van der Waals surface area contributed by atoms with Crippen LogP contribution in [0.3, 0.4) is 0 Å². The number of hydrogen-bond donors (Lipinski definition) is 0. The van der Waals surface area contributed by atoms with Crippen LogP contribution in [0.5, 0.6) is 11.6 Å². The Morgan fingerprint density at radius 3 is 2.68 bits per heavy atom. The molecule has 0 amide bonds. The van der Waals surface area contributed by atoms with Gasteiger partial charge in [0.15, 0.2) is 5.75 Å². The summed E-state index contributed by atoms with van der Waals surface area (Å²) in [5.41, 5.74) is 1.93. The second kappa shape index (κ2) is 6.59. The van der Waals surface area contributed by atoms with Crippen LogP contribution in [0.4, 0.5) is 5.82 Å². The normalized spacial score (nSPS) is 19.4. The van der Waals surface area contributed by atoms with Crippen molar-refractivity contribution in [3.05, 3.63) is 35.9 Å². The average molecular weight is 340 g/mol. The molecular formula is C19H24N4O2. The van der Waals surface area contributed by atoms with Gasteiger partial charge in [0.2, 0.25) is 5.88 Å². The first-order chi connectivity index (χ1) is 12.2. The Morgan fingerprint density at radius 1 is 1.12 bits per heavy atom. The lowest BCUT2D eigenvalue weighted by Gasteiger charge is -2.39. The summed E-state index contributed by atoms with van der Waals surface area (Å²) in [5, 5.41) is 0. The molecule has 1 spiro atoms. The Labute approximate surface area is 148 Å². The van der Waals surface area contributed by atoms with E-state index in [2.05, 4.69) is 19.9 Å². The fourth-order valence-corrected chi connectivity index (χ4v) is 3.80. The monoisotopic (exact) mass is 340 g/mol. The summed E-state index contributed by atoms with van der Waals surface area (Å²) in [6, 6.07) is 3.77. The van der Waals surface area contributed by atoms with Crippen molar-refractivity contribution in [2.45, 2.75) is 45.1 Å². The minimum Gasteiger partial charge on any atom is -0.437 e. The molecule has 0 radical (unpaired) electrons. The molecule has 0 aliphatic carbocycles. The molecule has 0 aromatic carbocycles. The number of hydrogen-bond acceptors (Lipinski definition) is 6. The molecule has 2 aromatic heterocycles. The van der Waals surface area contributed by atoms with E-state index in [0.717, 1.165) is 55.4 Å². The lowest BCUT2D eigenvalue weighted by molar-refractivity contribution is -0.0147. The van der Waals surface area contributed by atoms with Crippen molar-refractivity contribution in [1.29, 1.82) is 0 Å². The highest BCUT2D eigenvalue weighted by molar-refractivity contribution is 5.51. The first kappa shape index (κ1) is 16.3. The molecule has 0 bridgehead atoms. The molecule has 0 saturated carbocycles. The zero-order chi connectivity index (χ0) is 17.3. The second-order valence-corrected chi connectivity index (χ2v) is 6.94. The molecule has 2 saturated heterocycles. The molecule has 6 heteroatoms. The van der Waals surface area contributed by atoms with Gasteiger partial charge in [-0.1, -0.05) is 0 Å². The number of ether oxygens (including phenoxy) is 2. The van der Waals surface area contributed by atoms with Crippen molar-refractivity contribution < 1.29 is 9.47 Å². The number of pyridine rings is 1. The minimum absolute atomic E-state index is 0.115. The fraction of sp³-hybridized carbons (Fsp3) is 0.526. The van der Waals surface area contributed by atoms with Gasteiger partial charge in [-0.25, -0.2) is 9.97 Å². The summed E-state index contributed by atoms with van der Waals surface area (Å²) < 4.78 is 12.0. The first-order valence-corrected chi connectivity index (χ1v) is 8.97. The van der Waals surface area contributed by atoms with E-state index in [4.69, 9.17) is 9.47 Å². The van der Waals surface area contributed by atoms with Crippen LogP contribution in [0.1, 0.15) is 36.9 Å². The Balaban J connectivity index is 1.52. The third kappa shape index (κ3) is 3.18. The van der Waals surface area contributed by atoms with E-state index in [1.807, 2.05) is 26.0 Å². The van der Waals surface area contributed by atoms with Crippen LogP contribution in [-0.4, -0.2) is 40.2 Å². The lowest BCUT2D eigenvalue weighted by atomic mass is 9.88. The van der Waals surface area contributed by atoms with Gasteiger partial charge < -0.3 is 14.4 Å². The van der Waals surface area contributed by atoms with E-state index in [1.54, 1.807) is 12.5 Å². The number of piperidine rings is 1. The molecule has 132 valence electrons. The molecule has 6 nitrogen and oxygen atoms in total. The number of aromatic nitrogens is 3. The first-order valence-electron chi connectivity index (χ1n) is 8.97. The summed E-state index contributed by atoms with van der Waals surface area (Å²) in [5.74, 6) is 2.28. The average Bonchev–Trinajstić information content (AvgIpc) is 3.08. The minimum atomic E-state index is 0.115. The van der Waals surface area contributed by atoms with Crippen molar-refractivity contribution in [2.24, 2.45) is 0 Å². The molecular weight excluding hydrogens is 316 g/mol. The van der Waals surface area contributed by atoms with Crippen LogP contribution in [0, 0.1) is 13.8 Å². The largest absolute Gasteiger partial charge is 0.437 e. The van der Waals surface area contributed by atoms with E-state index in [1.165, 1.54) is 12.8 Å². The van der Waals surface area contributed by atoms with E-state index in [0.29, 0.717) is 5.88 Å². The SMILES string of the molecule is Cc1ncccc1Oc1ncnc(N2CCC3(CCCO3)CC2)c1C. The van der Waals surface area contributed by atoms with E-state index in [-0.39, 0.29) is 5.60 Å². The van der Waals surface area contributed by atoms with Crippen LogP contribution in [0.25, 0.3) is 0 Å². The maximum absolute atomic E-state index is 6.02. The smallest absolute Gasteiger partial charge is 0.227 e. The quantitative estimate of drug-likeness (QED) is 0.853. The lowest BCUT2D eigenvalue weighted by Crippen LogP contribution is -2.44. The summed E-state index contributed by atoms with van der Waals surface area (Å²) in [6.45, 7) is 6.78. The van der Waals surface area contributed by atoms with Crippen LogP contribution in [0.15, 0.2) is 24.7 Å². The number of aryl methyl sites for hydroxylation is 1. The Morgan fingerprint density at radius 2 is 1.96 bits per heavy atom. The molecule has 0 unspecified atom stereocenters. The van der Waals surface area contributed by atoms with Gasteiger partial charge in [0.25, 0.3) is 0 Å². The maximum Gasteiger partial charge on any atom is 0.227 e. The highest BCUT2D eigenvalue weighted by Gasteiger charge is 2.38. The van der Waals surface area contributed by atoms with Gasteiger partial charge in [0.05, 0.1) is 16.9 Å². The van der Waals surface area contributed by atoms with E-state index in [9.17, 15) is 0 Å². The van der Waals surface area contributed by atoms with Crippen molar-refractivity contribution in [2.75, 3.05) is 24.6 Å². The number of anilines is 1. The molecule has 0 N–H and O–H groups in total. The molecule has 4 rings (SSSR count). The third-order valence-corrected chi connectivity index (χ3v) is 5.34. The second-order valence-electron chi connectivity index (χ2n) is 6.94. The molecule has 25 heavy (non-hydrogen) atoms. The summed E-state index contributed by atoms with van der Waals surface area (Å²) in [7, 11) is 0. The van der Waals surface area contributed by atoms with Crippen molar-refractivity contribution in [1.82, 2.24) is 15.0 Å². The van der Waals surface area contributed by atoms with E-state index >= 15 is 0 Å². The van der Waals surface area contributed by atoms with Crippen LogP contribution < -0.4 is 9.64 Å². The van der Waals surface area contributed by atoms with Gasteiger partial charge in [-0.05, 0) is 51.7 Å². The Hall–Kier alpha value is -2.21. The van der Waals surface area contributed by atoms with Crippen molar-refractivity contribution >= 4 is 5.82 Å². The van der Waals surface area contributed by atoms with Gasteiger partial charge in [-0.3, -0.25) is 4.98 Å². The number of rotatable bonds is 3.